The molecule has 3 heterocycles. The zero-order valence-electron chi connectivity index (χ0n) is 13.2. The molecule has 1 aliphatic heterocycles. The van der Waals surface area contributed by atoms with Crippen molar-refractivity contribution in [3.63, 3.8) is 0 Å². The van der Waals surface area contributed by atoms with Crippen molar-refractivity contribution >= 4 is 31.7 Å². The summed E-state index contributed by atoms with van der Waals surface area (Å²) in [6.07, 6.45) is 3.49. The van der Waals surface area contributed by atoms with Crippen molar-refractivity contribution < 1.29 is 17.3 Å². The summed E-state index contributed by atoms with van der Waals surface area (Å²) in [6.45, 7) is 1.49. The third-order valence-electron chi connectivity index (χ3n) is 4.08. The summed E-state index contributed by atoms with van der Waals surface area (Å²) in [7, 11) is -3.80. The molecule has 130 valence electrons. The van der Waals surface area contributed by atoms with Crippen LogP contribution in [0.2, 0.25) is 0 Å². The number of furan rings is 1. The van der Waals surface area contributed by atoms with E-state index in [-0.39, 0.29) is 21.7 Å². The molecule has 4 rings (SSSR count). The molecule has 0 radical (unpaired) electrons. The van der Waals surface area contributed by atoms with Crippen molar-refractivity contribution in [2.75, 3.05) is 18.0 Å². The molecule has 8 heteroatoms. The van der Waals surface area contributed by atoms with E-state index in [1.807, 2.05) is 4.90 Å². The summed E-state index contributed by atoms with van der Waals surface area (Å²) in [5, 5.41) is -0.0666. The lowest BCUT2D eigenvalue weighted by Crippen LogP contribution is -2.19. The molecule has 0 atom stereocenters. The van der Waals surface area contributed by atoms with Crippen molar-refractivity contribution in [1.82, 2.24) is 4.98 Å². The predicted octanol–water partition coefficient (Wildman–Crippen LogP) is 4.13. The van der Waals surface area contributed by atoms with E-state index in [4.69, 9.17) is 8.83 Å². The van der Waals surface area contributed by atoms with Gasteiger partial charge in [0.1, 0.15) is 0 Å². The summed E-state index contributed by atoms with van der Waals surface area (Å²) in [4.78, 5) is 6.36. The van der Waals surface area contributed by atoms with Gasteiger partial charge in [-0.15, -0.1) is 0 Å². The standard InChI is InChI=1S/C17H15BrN2O4S/c18-12-5-7-13(8-6-12)25(21,22)16-17(20-9-1-2-10-20)24-15(19-16)14-4-3-11-23-14/h3-8,11H,1-2,9-10H2. The zero-order valence-corrected chi connectivity index (χ0v) is 15.6. The van der Waals surface area contributed by atoms with Crippen LogP contribution in [0.1, 0.15) is 12.8 Å². The van der Waals surface area contributed by atoms with Crippen molar-refractivity contribution in [3.05, 3.63) is 47.1 Å². The van der Waals surface area contributed by atoms with Gasteiger partial charge in [-0.1, -0.05) is 15.9 Å². The Morgan fingerprint density at radius 3 is 2.44 bits per heavy atom. The highest BCUT2D eigenvalue weighted by atomic mass is 79.9. The van der Waals surface area contributed by atoms with Gasteiger partial charge < -0.3 is 13.7 Å². The number of aromatic nitrogens is 1. The van der Waals surface area contributed by atoms with Crippen molar-refractivity contribution in [1.29, 1.82) is 0 Å². The van der Waals surface area contributed by atoms with Crippen molar-refractivity contribution in [2.45, 2.75) is 22.8 Å². The summed E-state index contributed by atoms with van der Waals surface area (Å²) in [6, 6.07) is 9.88. The fraction of sp³-hybridized carbons (Fsp3) is 0.235. The van der Waals surface area contributed by atoms with Crippen molar-refractivity contribution in [3.8, 4) is 11.7 Å². The highest BCUT2D eigenvalue weighted by Gasteiger charge is 2.32. The van der Waals surface area contributed by atoms with Crippen LogP contribution in [0.25, 0.3) is 11.7 Å². The van der Waals surface area contributed by atoms with Crippen LogP contribution in [0.15, 0.2) is 65.9 Å². The number of oxazole rings is 1. The molecule has 25 heavy (non-hydrogen) atoms. The van der Waals surface area contributed by atoms with Crippen LogP contribution < -0.4 is 4.90 Å². The first-order valence-corrected chi connectivity index (χ1v) is 10.1. The molecule has 0 spiro atoms. The first-order chi connectivity index (χ1) is 12.1. The van der Waals surface area contributed by atoms with Gasteiger partial charge >= 0.3 is 0 Å². The number of halogens is 1. The minimum atomic E-state index is -3.80. The van der Waals surface area contributed by atoms with E-state index in [1.54, 1.807) is 36.4 Å². The molecule has 6 nitrogen and oxygen atoms in total. The van der Waals surface area contributed by atoms with Gasteiger partial charge in [-0.2, -0.15) is 4.98 Å². The second-order valence-electron chi connectivity index (χ2n) is 5.76. The SMILES string of the molecule is O=S(=O)(c1ccc(Br)cc1)c1nc(-c2ccco2)oc1N1CCCC1. The number of hydrogen-bond donors (Lipinski definition) is 0. The van der Waals surface area contributed by atoms with Gasteiger partial charge in [0.15, 0.2) is 5.76 Å². The topological polar surface area (TPSA) is 76.5 Å². The molecule has 1 saturated heterocycles. The Morgan fingerprint density at radius 1 is 1.08 bits per heavy atom. The van der Waals surface area contributed by atoms with Crippen LogP contribution in [0.5, 0.6) is 0 Å². The van der Waals surface area contributed by atoms with Crippen LogP contribution in [0.3, 0.4) is 0 Å². The number of benzene rings is 1. The fourth-order valence-corrected chi connectivity index (χ4v) is 4.41. The average Bonchev–Trinajstić information content (AvgIpc) is 3.34. The van der Waals surface area contributed by atoms with Crippen LogP contribution in [-0.4, -0.2) is 26.5 Å². The second-order valence-corrected chi connectivity index (χ2v) is 8.54. The quantitative estimate of drug-likeness (QED) is 0.628. The van der Waals surface area contributed by atoms with E-state index in [0.29, 0.717) is 5.76 Å². The summed E-state index contributed by atoms with van der Waals surface area (Å²) in [5.74, 6) is 0.854. The fourth-order valence-electron chi connectivity index (χ4n) is 2.82. The van der Waals surface area contributed by atoms with Gasteiger partial charge in [0.05, 0.1) is 11.2 Å². The molecule has 0 amide bonds. The van der Waals surface area contributed by atoms with Crippen LogP contribution in [0, 0.1) is 0 Å². The molecule has 0 bridgehead atoms. The molecule has 0 saturated carbocycles. The third-order valence-corrected chi connectivity index (χ3v) is 6.28. The van der Waals surface area contributed by atoms with E-state index < -0.39 is 9.84 Å². The number of anilines is 1. The highest BCUT2D eigenvalue weighted by molar-refractivity contribution is 9.10. The first-order valence-electron chi connectivity index (χ1n) is 7.86. The molecule has 0 unspecified atom stereocenters. The molecule has 1 fully saturated rings. The normalized spacial score (nSPS) is 15.0. The van der Waals surface area contributed by atoms with Gasteiger partial charge in [-0.25, -0.2) is 8.42 Å². The third kappa shape index (κ3) is 3.00. The number of nitrogens with zero attached hydrogens (tertiary/aromatic N) is 2. The predicted molar refractivity (Wildman–Crippen MR) is 95.2 cm³/mol. The average molecular weight is 423 g/mol. The lowest BCUT2D eigenvalue weighted by atomic mass is 10.4. The Kier molecular flexibility index (Phi) is 4.16. The van der Waals surface area contributed by atoms with Gasteiger partial charge in [-0.05, 0) is 49.2 Å². The van der Waals surface area contributed by atoms with E-state index in [9.17, 15) is 8.42 Å². The maximum absolute atomic E-state index is 13.1. The molecule has 0 N–H and O–H groups in total. The Morgan fingerprint density at radius 2 is 1.80 bits per heavy atom. The lowest BCUT2D eigenvalue weighted by Gasteiger charge is -2.14. The van der Waals surface area contributed by atoms with Gasteiger partial charge in [0.25, 0.3) is 5.89 Å². The Balaban J connectivity index is 1.85. The molecule has 2 aromatic heterocycles. The Labute approximate surface area is 153 Å². The summed E-state index contributed by atoms with van der Waals surface area (Å²) in [5.41, 5.74) is 0. The number of rotatable bonds is 4. The highest BCUT2D eigenvalue weighted by Crippen LogP contribution is 2.36. The van der Waals surface area contributed by atoms with Crippen molar-refractivity contribution in [2.24, 2.45) is 0 Å². The minimum Gasteiger partial charge on any atom is -0.459 e. The Hall–Kier alpha value is -2.06. The second kappa shape index (κ2) is 6.34. The van der Waals surface area contributed by atoms with E-state index >= 15 is 0 Å². The zero-order chi connectivity index (χ0) is 17.4. The van der Waals surface area contributed by atoms with E-state index in [2.05, 4.69) is 20.9 Å². The van der Waals surface area contributed by atoms with E-state index in [0.717, 1.165) is 30.4 Å². The smallest absolute Gasteiger partial charge is 0.266 e. The number of sulfone groups is 1. The first kappa shape index (κ1) is 16.4. The molecule has 1 aliphatic rings. The van der Waals surface area contributed by atoms with Crippen LogP contribution >= 0.6 is 15.9 Å². The summed E-state index contributed by atoms with van der Waals surface area (Å²) >= 11 is 3.32. The van der Waals surface area contributed by atoms with Gasteiger partial charge in [0.2, 0.25) is 20.7 Å². The molecule has 0 aliphatic carbocycles. The van der Waals surface area contributed by atoms with Gasteiger partial charge in [0, 0.05) is 17.6 Å². The Bertz CT molecular complexity index is 972. The minimum absolute atomic E-state index is 0.0666. The molecular formula is C17H15BrN2O4S. The number of hydrogen-bond acceptors (Lipinski definition) is 6. The lowest BCUT2D eigenvalue weighted by molar-refractivity contribution is 0.513. The largest absolute Gasteiger partial charge is 0.459 e. The monoisotopic (exact) mass is 422 g/mol. The summed E-state index contributed by atoms with van der Waals surface area (Å²) < 4.78 is 38.1. The molecular weight excluding hydrogens is 408 g/mol. The van der Waals surface area contributed by atoms with E-state index in [1.165, 1.54) is 6.26 Å². The maximum atomic E-state index is 13.1. The molecule has 1 aromatic carbocycles. The van der Waals surface area contributed by atoms with Crippen LogP contribution in [0.4, 0.5) is 5.88 Å². The van der Waals surface area contributed by atoms with Crippen LogP contribution in [-0.2, 0) is 9.84 Å². The maximum Gasteiger partial charge on any atom is 0.266 e. The van der Waals surface area contributed by atoms with Gasteiger partial charge in [-0.3, -0.25) is 0 Å². The molecule has 3 aromatic rings.